The molecule has 0 saturated carbocycles. The smallest absolute Gasteiger partial charge is 0.282 e. The number of hydrogen-bond donors (Lipinski definition) is 0. The van der Waals surface area contributed by atoms with E-state index in [4.69, 9.17) is 19.2 Å². The molecule has 1 aliphatic heterocycles. The predicted molar refractivity (Wildman–Crippen MR) is 159 cm³/mol. The van der Waals surface area contributed by atoms with Crippen LogP contribution in [0.1, 0.15) is 36.5 Å². The van der Waals surface area contributed by atoms with E-state index >= 15 is 0 Å². The van der Waals surface area contributed by atoms with Gasteiger partial charge in [0.1, 0.15) is 11.5 Å². The number of aryl methyl sites for hydroxylation is 1. The molecule has 41 heavy (non-hydrogen) atoms. The number of carbonyl (C=O) groups excluding carboxylic acids is 1. The van der Waals surface area contributed by atoms with Crippen molar-refractivity contribution in [2.75, 3.05) is 40.0 Å². The maximum Gasteiger partial charge on any atom is 0.282 e. The summed E-state index contributed by atoms with van der Waals surface area (Å²) in [5.41, 5.74) is 3.86. The van der Waals surface area contributed by atoms with Crippen LogP contribution in [0.3, 0.4) is 0 Å². The SMILES string of the molecule is COc1cc(C)c(-c2nc3ccccc3c(=O)n2N=Cc2ccc(OCC(=O)N3CCOCC3)cc2)cc1C(C)C. The number of rotatable bonds is 8. The number of methoxy groups -OCH3 is 1. The third kappa shape index (κ3) is 6.15. The van der Waals surface area contributed by atoms with E-state index in [9.17, 15) is 9.59 Å². The number of morpholine rings is 1. The van der Waals surface area contributed by atoms with Crippen LogP contribution in [0.25, 0.3) is 22.3 Å². The van der Waals surface area contributed by atoms with Gasteiger partial charge in [0, 0.05) is 18.7 Å². The number of ether oxygens (including phenoxy) is 3. The van der Waals surface area contributed by atoms with E-state index in [1.165, 1.54) is 4.68 Å². The first-order valence-electron chi connectivity index (χ1n) is 13.7. The van der Waals surface area contributed by atoms with Gasteiger partial charge in [-0.25, -0.2) is 4.98 Å². The molecule has 2 heterocycles. The molecule has 9 nitrogen and oxygen atoms in total. The third-order valence-electron chi connectivity index (χ3n) is 7.12. The summed E-state index contributed by atoms with van der Waals surface area (Å²) in [6, 6.07) is 18.5. The summed E-state index contributed by atoms with van der Waals surface area (Å²) in [7, 11) is 1.66. The monoisotopic (exact) mass is 554 g/mol. The first kappa shape index (κ1) is 28.0. The number of para-hydroxylation sites is 1. The van der Waals surface area contributed by atoms with Crippen LogP contribution in [0.5, 0.6) is 11.5 Å². The average molecular weight is 555 g/mol. The molecule has 1 amide bonds. The Morgan fingerprint density at radius 1 is 1.10 bits per heavy atom. The summed E-state index contributed by atoms with van der Waals surface area (Å²) >= 11 is 0. The molecule has 1 aliphatic rings. The maximum absolute atomic E-state index is 13.7. The highest BCUT2D eigenvalue weighted by molar-refractivity contribution is 5.83. The molecule has 212 valence electrons. The van der Waals surface area contributed by atoms with Gasteiger partial charge in [0.15, 0.2) is 12.4 Å². The van der Waals surface area contributed by atoms with Gasteiger partial charge in [0.25, 0.3) is 11.5 Å². The van der Waals surface area contributed by atoms with Crippen LogP contribution in [0.2, 0.25) is 0 Å². The molecule has 0 unspecified atom stereocenters. The van der Waals surface area contributed by atoms with E-state index in [2.05, 4.69) is 18.9 Å². The van der Waals surface area contributed by atoms with Gasteiger partial charge in [-0.2, -0.15) is 9.78 Å². The first-order valence-corrected chi connectivity index (χ1v) is 13.7. The van der Waals surface area contributed by atoms with Gasteiger partial charge >= 0.3 is 0 Å². The average Bonchev–Trinajstić information content (AvgIpc) is 3.00. The number of carbonyl (C=O) groups is 1. The fourth-order valence-corrected chi connectivity index (χ4v) is 4.80. The Morgan fingerprint density at radius 2 is 1.83 bits per heavy atom. The quantitative estimate of drug-likeness (QED) is 0.295. The van der Waals surface area contributed by atoms with E-state index in [0.717, 1.165) is 28.0 Å². The highest BCUT2D eigenvalue weighted by atomic mass is 16.5. The molecule has 0 aliphatic carbocycles. The highest BCUT2D eigenvalue weighted by Crippen LogP contribution is 2.34. The standard InChI is InChI=1S/C32H34N4O5/c1-21(2)26-18-27(22(3)17-29(26)39-4)31-34-28-8-6-5-7-25(28)32(38)36(31)33-19-23-9-11-24(12-10-23)41-20-30(37)35-13-15-40-16-14-35/h5-12,17-19,21H,13-16,20H2,1-4H3. The molecular formula is C32H34N4O5. The normalized spacial score (nSPS) is 13.7. The molecule has 3 aromatic carbocycles. The third-order valence-corrected chi connectivity index (χ3v) is 7.12. The summed E-state index contributed by atoms with van der Waals surface area (Å²) in [6.45, 7) is 8.40. The number of amides is 1. The van der Waals surface area contributed by atoms with Crippen LogP contribution in [0.15, 0.2) is 70.6 Å². The van der Waals surface area contributed by atoms with Gasteiger partial charge in [-0.1, -0.05) is 26.0 Å². The van der Waals surface area contributed by atoms with Gasteiger partial charge in [-0.15, -0.1) is 0 Å². The van der Waals surface area contributed by atoms with Crippen LogP contribution in [-0.2, 0) is 9.53 Å². The van der Waals surface area contributed by atoms with Crippen LogP contribution in [0.4, 0.5) is 0 Å². The van der Waals surface area contributed by atoms with E-state index in [-0.39, 0.29) is 24.0 Å². The second-order valence-electron chi connectivity index (χ2n) is 10.2. The second kappa shape index (κ2) is 12.3. The van der Waals surface area contributed by atoms with Crippen molar-refractivity contribution in [3.8, 4) is 22.9 Å². The minimum atomic E-state index is -0.259. The number of nitrogens with zero attached hydrogens (tertiary/aromatic N) is 4. The topological polar surface area (TPSA) is 95.2 Å². The van der Waals surface area contributed by atoms with Crippen molar-refractivity contribution >= 4 is 23.0 Å². The zero-order valence-electron chi connectivity index (χ0n) is 23.8. The number of fused-ring (bicyclic) bond motifs is 1. The van der Waals surface area contributed by atoms with Crippen molar-refractivity contribution in [1.29, 1.82) is 0 Å². The molecule has 1 fully saturated rings. The Kier molecular flexibility index (Phi) is 8.45. The zero-order valence-corrected chi connectivity index (χ0v) is 23.8. The molecule has 1 saturated heterocycles. The number of benzene rings is 3. The lowest BCUT2D eigenvalue weighted by Gasteiger charge is -2.26. The summed E-state index contributed by atoms with van der Waals surface area (Å²) in [5, 5.41) is 5.08. The minimum absolute atomic E-state index is 0.0332. The molecule has 1 aromatic heterocycles. The van der Waals surface area contributed by atoms with Crippen molar-refractivity contribution in [2.24, 2.45) is 5.10 Å². The van der Waals surface area contributed by atoms with Gasteiger partial charge < -0.3 is 19.1 Å². The van der Waals surface area contributed by atoms with Gasteiger partial charge in [-0.05, 0) is 78.1 Å². The fourth-order valence-electron chi connectivity index (χ4n) is 4.80. The van der Waals surface area contributed by atoms with Gasteiger partial charge in [0.05, 0.1) is 37.4 Å². The molecule has 9 heteroatoms. The maximum atomic E-state index is 13.7. The lowest BCUT2D eigenvalue weighted by molar-refractivity contribution is -0.137. The van der Waals surface area contributed by atoms with E-state index < -0.39 is 0 Å². The van der Waals surface area contributed by atoms with Crippen molar-refractivity contribution in [3.05, 3.63) is 87.7 Å². The van der Waals surface area contributed by atoms with Gasteiger partial charge in [-0.3, -0.25) is 9.59 Å². The number of aromatic nitrogens is 2. The summed E-state index contributed by atoms with van der Waals surface area (Å²) < 4.78 is 18.0. The van der Waals surface area contributed by atoms with Crippen molar-refractivity contribution in [2.45, 2.75) is 26.7 Å². The molecule has 0 radical (unpaired) electrons. The Morgan fingerprint density at radius 3 is 2.54 bits per heavy atom. The van der Waals surface area contributed by atoms with E-state index in [0.29, 0.717) is 48.8 Å². The minimum Gasteiger partial charge on any atom is -0.496 e. The molecule has 0 spiro atoms. The van der Waals surface area contributed by atoms with Gasteiger partial charge in [0.2, 0.25) is 0 Å². The largest absolute Gasteiger partial charge is 0.496 e. The molecule has 0 atom stereocenters. The summed E-state index contributed by atoms with van der Waals surface area (Å²) in [5.74, 6) is 1.97. The highest BCUT2D eigenvalue weighted by Gasteiger charge is 2.19. The molecular weight excluding hydrogens is 520 g/mol. The van der Waals surface area contributed by atoms with Crippen LogP contribution >= 0.6 is 0 Å². The predicted octanol–water partition coefficient (Wildman–Crippen LogP) is 4.62. The summed E-state index contributed by atoms with van der Waals surface area (Å²) in [6.07, 6.45) is 1.62. The van der Waals surface area contributed by atoms with E-state index in [1.807, 2.05) is 49.4 Å². The second-order valence-corrected chi connectivity index (χ2v) is 10.2. The van der Waals surface area contributed by atoms with Crippen molar-refractivity contribution in [1.82, 2.24) is 14.6 Å². The first-order chi connectivity index (χ1) is 19.9. The van der Waals surface area contributed by atoms with Crippen molar-refractivity contribution in [3.63, 3.8) is 0 Å². The molecule has 0 N–H and O–H groups in total. The molecule has 4 aromatic rings. The Bertz CT molecular complexity index is 1640. The molecule has 5 rings (SSSR count). The van der Waals surface area contributed by atoms with Crippen LogP contribution in [-0.4, -0.2) is 66.7 Å². The fraction of sp³-hybridized carbons (Fsp3) is 0.312. The lowest BCUT2D eigenvalue weighted by atomic mass is 9.96. The van der Waals surface area contributed by atoms with Crippen LogP contribution < -0.4 is 15.0 Å². The zero-order chi connectivity index (χ0) is 28.9. The lowest BCUT2D eigenvalue weighted by Crippen LogP contribution is -2.42. The Labute approximate surface area is 239 Å². The van der Waals surface area contributed by atoms with Crippen molar-refractivity contribution < 1.29 is 19.0 Å². The Hall–Kier alpha value is -4.50. The Balaban J connectivity index is 1.45. The summed E-state index contributed by atoms with van der Waals surface area (Å²) in [4.78, 5) is 32.6. The van der Waals surface area contributed by atoms with Crippen LogP contribution in [0, 0.1) is 6.92 Å². The molecule has 0 bridgehead atoms. The van der Waals surface area contributed by atoms with E-state index in [1.54, 1.807) is 36.4 Å². The number of hydrogen-bond acceptors (Lipinski definition) is 7.